The summed E-state index contributed by atoms with van der Waals surface area (Å²) in [6.07, 6.45) is 10.9. The van der Waals surface area contributed by atoms with Gasteiger partial charge in [0, 0.05) is 24.8 Å². The summed E-state index contributed by atoms with van der Waals surface area (Å²) in [4.78, 5) is 0. The molecule has 0 spiro atoms. The summed E-state index contributed by atoms with van der Waals surface area (Å²) in [5.74, 6) is 0.939. The molecule has 1 heterocycles. The molecule has 0 aliphatic heterocycles. The second kappa shape index (κ2) is 5.48. The summed E-state index contributed by atoms with van der Waals surface area (Å²) >= 11 is 0. The normalized spacial score (nSPS) is 18.4. The first-order valence-corrected chi connectivity index (χ1v) is 6.51. The Labute approximate surface area is 98.2 Å². The molecule has 1 aliphatic carbocycles. The number of nitrogens with zero attached hydrogens (tertiary/aromatic N) is 2. The molecule has 1 N–H and O–H groups in total. The van der Waals surface area contributed by atoms with Crippen molar-refractivity contribution in [2.75, 3.05) is 6.54 Å². The first kappa shape index (κ1) is 11.6. The number of hydrogen-bond donors (Lipinski definition) is 1. The van der Waals surface area contributed by atoms with Gasteiger partial charge in [0.25, 0.3) is 0 Å². The van der Waals surface area contributed by atoms with Gasteiger partial charge in [-0.25, -0.2) is 0 Å². The fraction of sp³-hybridized carbons (Fsp3) is 0.769. The Balaban J connectivity index is 1.95. The van der Waals surface area contributed by atoms with E-state index >= 15 is 0 Å². The topological polar surface area (TPSA) is 29.9 Å². The molecule has 3 heteroatoms. The first-order valence-electron chi connectivity index (χ1n) is 6.51. The highest BCUT2D eigenvalue weighted by atomic mass is 15.2. The van der Waals surface area contributed by atoms with E-state index in [4.69, 9.17) is 0 Å². The maximum Gasteiger partial charge on any atom is 0.0537 e. The molecule has 0 amide bonds. The smallest absolute Gasteiger partial charge is 0.0537 e. The third-order valence-corrected chi connectivity index (χ3v) is 3.56. The lowest BCUT2D eigenvalue weighted by Crippen LogP contribution is -2.26. The van der Waals surface area contributed by atoms with E-state index in [1.165, 1.54) is 37.7 Å². The van der Waals surface area contributed by atoms with Crippen molar-refractivity contribution >= 4 is 0 Å². The average Bonchev–Trinajstić information content (AvgIpc) is 2.62. The van der Waals surface area contributed by atoms with Gasteiger partial charge in [-0.15, -0.1) is 0 Å². The molecule has 16 heavy (non-hydrogen) atoms. The van der Waals surface area contributed by atoms with E-state index < -0.39 is 0 Å². The van der Waals surface area contributed by atoms with Crippen molar-refractivity contribution in [3.05, 3.63) is 18.0 Å². The summed E-state index contributed by atoms with van der Waals surface area (Å²) in [5, 5.41) is 7.92. The van der Waals surface area contributed by atoms with Gasteiger partial charge in [0.05, 0.1) is 6.20 Å². The molecule has 1 unspecified atom stereocenters. The van der Waals surface area contributed by atoms with Gasteiger partial charge < -0.3 is 5.32 Å². The molecule has 0 aromatic carbocycles. The SMILES string of the molecule is CCCNC(CC1CCC1)c1cnn(C)c1. The number of rotatable bonds is 6. The molecule has 0 bridgehead atoms. The number of aryl methyl sites for hydroxylation is 1. The Bertz CT molecular complexity index is 315. The van der Waals surface area contributed by atoms with Crippen molar-refractivity contribution < 1.29 is 0 Å². The van der Waals surface area contributed by atoms with Crippen molar-refractivity contribution in [3.8, 4) is 0 Å². The Morgan fingerprint density at radius 3 is 2.88 bits per heavy atom. The summed E-state index contributed by atoms with van der Waals surface area (Å²) < 4.78 is 1.90. The highest BCUT2D eigenvalue weighted by Crippen LogP contribution is 2.34. The van der Waals surface area contributed by atoms with Crippen molar-refractivity contribution in [2.45, 2.75) is 45.1 Å². The second-order valence-corrected chi connectivity index (χ2v) is 4.99. The van der Waals surface area contributed by atoms with Crippen LogP contribution in [0.15, 0.2) is 12.4 Å². The van der Waals surface area contributed by atoms with Crippen LogP contribution in [0.1, 0.15) is 50.6 Å². The fourth-order valence-corrected chi connectivity index (χ4v) is 2.34. The van der Waals surface area contributed by atoms with Gasteiger partial charge in [0.1, 0.15) is 0 Å². The number of hydrogen-bond acceptors (Lipinski definition) is 2. The van der Waals surface area contributed by atoms with Crippen LogP contribution < -0.4 is 5.32 Å². The lowest BCUT2D eigenvalue weighted by molar-refractivity contribution is 0.261. The van der Waals surface area contributed by atoms with Gasteiger partial charge in [0.15, 0.2) is 0 Å². The maximum atomic E-state index is 4.27. The molecule has 1 atom stereocenters. The van der Waals surface area contributed by atoms with Crippen molar-refractivity contribution in [2.24, 2.45) is 13.0 Å². The van der Waals surface area contributed by atoms with Crippen LogP contribution in [0.2, 0.25) is 0 Å². The number of nitrogens with one attached hydrogen (secondary N) is 1. The van der Waals surface area contributed by atoms with Crippen LogP contribution in [0.3, 0.4) is 0 Å². The highest BCUT2D eigenvalue weighted by molar-refractivity contribution is 5.10. The standard InChI is InChI=1S/C13H23N3/c1-3-7-14-13(8-11-5-4-6-11)12-9-15-16(2)10-12/h9-11,13-14H,3-8H2,1-2H3. The minimum Gasteiger partial charge on any atom is -0.310 e. The van der Waals surface area contributed by atoms with Gasteiger partial charge in [-0.3, -0.25) is 4.68 Å². The molecule has 0 radical (unpaired) electrons. The zero-order valence-corrected chi connectivity index (χ0v) is 10.4. The van der Waals surface area contributed by atoms with E-state index in [-0.39, 0.29) is 0 Å². The van der Waals surface area contributed by atoms with E-state index in [0.29, 0.717) is 6.04 Å². The monoisotopic (exact) mass is 221 g/mol. The van der Waals surface area contributed by atoms with E-state index in [1.54, 1.807) is 0 Å². The Kier molecular flexibility index (Phi) is 3.99. The average molecular weight is 221 g/mol. The quantitative estimate of drug-likeness (QED) is 0.800. The third kappa shape index (κ3) is 2.85. The molecule has 1 aromatic rings. The molecule has 1 aromatic heterocycles. The second-order valence-electron chi connectivity index (χ2n) is 4.99. The van der Waals surface area contributed by atoms with Gasteiger partial charge in [-0.05, 0) is 25.3 Å². The predicted octanol–water partition coefficient (Wildman–Crippen LogP) is 2.65. The molecule has 1 fully saturated rings. The number of aromatic nitrogens is 2. The van der Waals surface area contributed by atoms with Crippen molar-refractivity contribution in [1.82, 2.24) is 15.1 Å². The van der Waals surface area contributed by atoms with E-state index in [1.807, 2.05) is 17.9 Å². The van der Waals surface area contributed by atoms with Crippen molar-refractivity contribution in [1.29, 1.82) is 0 Å². The lowest BCUT2D eigenvalue weighted by Gasteiger charge is -2.29. The van der Waals surface area contributed by atoms with Crippen LogP contribution in [-0.4, -0.2) is 16.3 Å². The summed E-state index contributed by atoms with van der Waals surface area (Å²) in [6, 6.07) is 0.513. The van der Waals surface area contributed by atoms with Crippen LogP contribution in [0.25, 0.3) is 0 Å². The van der Waals surface area contributed by atoms with Crippen LogP contribution in [0.4, 0.5) is 0 Å². The predicted molar refractivity (Wildman–Crippen MR) is 66.2 cm³/mol. The Morgan fingerprint density at radius 1 is 1.56 bits per heavy atom. The zero-order valence-electron chi connectivity index (χ0n) is 10.4. The highest BCUT2D eigenvalue weighted by Gasteiger charge is 2.23. The summed E-state index contributed by atoms with van der Waals surface area (Å²) in [7, 11) is 1.99. The van der Waals surface area contributed by atoms with Crippen LogP contribution in [-0.2, 0) is 7.05 Å². The molecule has 90 valence electrons. The summed E-state index contributed by atoms with van der Waals surface area (Å²) in [6.45, 7) is 3.32. The molecule has 1 saturated carbocycles. The minimum atomic E-state index is 0.513. The lowest BCUT2D eigenvalue weighted by atomic mass is 9.80. The summed E-state index contributed by atoms with van der Waals surface area (Å²) in [5.41, 5.74) is 1.35. The van der Waals surface area contributed by atoms with E-state index in [0.717, 1.165) is 12.5 Å². The van der Waals surface area contributed by atoms with Gasteiger partial charge in [0.2, 0.25) is 0 Å². The van der Waals surface area contributed by atoms with E-state index in [9.17, 15) is 0 Å². The first-order chi connectivity index (χ1) is 7.79. The van der Waals surface area contributed by atoms with Gasteiger partial charge in [-0.1, -0.05) is 26.2 Å². The molecule has 3 nitrogen and oxygen atoms in total. The van der Waals surface area contributed by atoms with E-state index in [2.05, 4.69) is 23.5 Å². The Morgan fingerprint density at radius 2 is 2.38 bits per heavy atom. The molecule has 2 rings (SSSR count). The van der Waals surface area contributed by atoms with Crippen LogP contribution in [0, 0.1) is 5.92 Å². The van der Waals surface area contributed by atoms with Gasteiger partial charge >= 0.3 is 0 Å². The third-order valence-electron chi connectivity index (χ3n) is 3.56. The van der Waals surface area contributed by atoms with Gasteiger partial charge in [-0.2, -0.15) is 5.10 Å². The van der Waals surface area contributed by atoms with Crippen LogP contribution in [0.5, 0.6) is 0 Å². The largest absolute Gasteiger partial charge is 0.310 e. The molecule has 0 saturated heterocycles. The molecular weight excluding hydrogens is 198 g/mol. The Hall–Kier alpha value is -0.830. The fourth-order valence-electron chi connectivity index (χ4n) is 2.34. The minimum absolute atomic E-state index is 0.513. The maximum absolute atomic E-state index is 4.27. The van der Waals surface area contributed by atoms with Crippen molar-refractivity contribution in [3.63, 3.8) is 0 Å². The molecule has 1 aliphatic rings. The van der Waals surface area contributed by atoms with Crippen LogP contribution >= 0.6 is 0 Å². The zero-order chi connectivity index (χ0) is 11.4. The molecular formula is C13H23N3.